The monoisotopic (exact) mass is 283 g/mol. The minimum absolute atomic E-state index is 0.0549. The molecule has 2 aromatic carbocycles. The number of benzene rings is 2. The van der Waals surface area contributed by atoms with Crippen LogP contribution in [0.3, 0.4) is 0 Å². The molecule has 1 heterocycles. The van der Waals surface area contributed by atoms with Gasteiger partial charge >= 0.3 is 0 Å². The smallest absolute Gasteiger partial charge is 0.255 e. The Labute approximate surface area is 124 Å². The lowest BCUT2D eigenvalue weighted by Crippen LogP contribution is -2.42. The number of rotatable bonds is 3. The van der Waals surface area contributed by atoms with Gasteiger partial charge in [0.2, 0.25) is 0 Å². The van der Waals surface area contributed by atoms with Gasteiger partial charge in [0, 0.05) is 12.1 Å². The van der Waals surface area contributed by atoms with Crippen molar-refractivity contribution in [2.45, 2.75) is 25.8 Å². The second-order valence-electron chi connectivity index (χ2n) is 5.58. The van der Waals surface area contributed by atoms with Crippen LogP contribution in [0.4, 0.5) is 4.39 Å². The molecule has 0 aromatic heterocycles. The quantitative estimate of drug-likeness (QED) is 0.835. The van der Waals surface area contributed by atoms with Gasteiger partial charge in [-0.2, -0.15) is 0 Å². The van der Waals surface area contributed by atoms with Crippen molar-refractivity contribution in [3.8, 4) is 0 Å². The van der Waals surface area contributed by atoms with E-state index in [-0.39, 0.29) is 11.7 Å². The van der Waals surface area contributed by atoms with Gasteiger partial charge in [0.05, 0.1) is 5.54 Å². The molecule has 0 fully saturated rings. The molecule has 0 spiro atoms. The fourth-order valence-corrected chi connectivity index (χ4v) is 3.22. The molecule has 0 aliphatic carbocycles. The van der Waals surface area contributed by atoms with Gasteiger partial charge in [-0.05, 0) is 42.7 Å². The van der Waals surface area contributed by atoms with Crippen LogP contribution in [-0.4, -0.2) is 17.4 Å². The third-order valence-electron chi connectivity index (χ3n) is 4.32. The van der Waals surface area contributed by atoms with E-state index in [1.54, 1.807) is 12.1 Å². The highest BCUT2D eigenvalue weighted by Crippen LogP contribution is 2.43. The Hall–Kier alpha value is -2.16. The van der Waals surface area contributed by atoms with E-state index in [9.17, 15) is 9.18 Å². The number of hydrogen-bond donors (Lipinski definition) is 0. The van der Waals surface area contributed by atoms with Crippen LogP contribution in [-0.2, 0) is 5.54 Å². The standard InChI is InChI=1S/C18H18FNO/c1-3-12-20-17(21)15-6-4-5-7-16(15)18(20,2)13-8-10-14(19)11-9-13/h4-11H,3,12H2,1-2H3. The maximum atomic E-state index is 13.2. The van der Waals surface area contributed by atoms with Crippen molar-refractivity contribution >= 4 is 5.91 Å². The third-order valence-corrected chi connectivity index (χ3v) is 4.32. The molecular formula is C18H18FNO. The van der Waals surface area contributed by atoms with E-state index in [0.29, 0.717) is 6.54 Å². The van der Waals surface area contributed by atoms with Crippen LogP contribution in [0.2, 0.25) is 0 Å². The second-order valence-corrected chi connectivity index (χ2v) is 5.58. The summed E-state index contributed by atoms with van der Waals surface area (Å²) in [6, 6.07) is 14.1. The summed E-state index contributed by atoms with van der Waals surface area (Å²) in [5, 5.41) is 0. The molecule has 2 aromatic rings. The highest BCUT2D eigenvalue weighted by atomic mass is 19.1. The van der Waals surface area contributed by atoms with Gasteiger partial charge in [-0.3, -0.25) is 4.79 Å². The van der Waals surface area contributed by atoms with Crippen LogP contribution in [0.5, 0.6) is 0 Å². The molecule has 0 saturated heterocycles. The van der Waals surface area contributed by atoms with Crippen LogP contribution in [0.25, 0.3) is 0 Å². The number of carbonyl (C=O) groups excluding carboxylic acids is 1. The van der Waals surface area contributed by atoms with E-state index >= 15 is 0 Å². The number of halogens is 1. The molecular weight excluding hydrogens is 265 g/mol. The molecule has 3 rings (SSSR count). The van der Waals surface area contributed by atoms with E-state index in [1.165, 1.54) is 12.1 Å². The lowest BCUT2D eigenvalue weighted by molar-refractivity contribution is 0.0651. The van der Waals surface area contributed by atoms with Gasteiger partial charge in [-0.1, -0.05) is 37.3 Å². The van der Waals surface area contributed by atoms with Gasteiger partial charge in [-0.15, -0.1) is 0 Å². The molecule has 0 saturated carbocycles. The molecule has 0 N–H and O–H groups in total. The lowest BCUT2D eigenvalue weighted by atomic mass is 9.84. The molecule has 1 atom stereocenters. The molecule has 1 aliphatic rings. The molecule has 1 aliphatic heterocycles. The molecule has 1 amide bonds. The first kappa shape index (κ1) is 13.8. The average molecular weight is 283 g/mol. The minimum Gasteiger partial charge on any atom is -0.325 e. The van der Waals surface area contributed by atoms with Crippen LogP contribution < -0.4 is 0 Å². The molecule has 108 valence electrons. The number of carbonyl (C=O) groups is 1. The SMILES string of the molecule is CCCN1C(=O)c2ccccc2C1(C)c1ccc(F)cc1. The van der Waals surface area contributed by atoms with E-state index in [1.807, 2.05) is 36.1 Å². The van der Waals surface area contributed by atoms with Gasteiger partial charge in [0.25, 0.3) is 5.91 Å². The predicted octanol–water partition coefficient (Wildman–Crippen LogP) is 3.96. The zero-order valence-corrected chi connectivity index (χ0v) is 12.3. The van der Waals surface area contributed by atoms with Crippen molar-refractivity contribution in [2.24, 2.45) is 0 Å². The fourth-order valence-electron chi connectivity index (χ4n) is 3.22. The van der Waals surface area contributed by atoms with Crippen LogP contribution in [0, 0.1) is 5.82 Å². The van der Waals surface area contributed by atoms with E-state index in [2.05, 4.69) is 6.92 Å². The summed E-state index contributed by atoms with van der Waals surface area (Å²) < 4.78 is 13.2. The van der Waals surface area contributed by atoms with Crippen molar-refractivity contribution in [3.05, 3.63) is 71.0 Å². The first-order valence-electron chi connectivity index (χ1n) is 7.26. The van der Waals surface area contributed by atoms with Crippen molar-refractivity contribution < 1.29 is 9.18 Å². The zero-order chi connectivity index (χ0) is 15.0. The summed E-state index contributed by atoms with van der Waals surface area (Å²) in [6.07, 6.45) is 0.885. The summed E-state index contributed by atoms with van der Waals surface area (Å²) >= 11 is 0. The van der Waals surface area contributed by atoms with Crippen molar-refractivity contribution in [1.29, 1.82) is 0 Å². The highest BCUT2D eigenvalue weighted by Gasteiger charge is 2.46. The Morgan fingerprint density at radius 1 is 1.10 bits per heavy atom. The number of nitrogens with zero attached hydrogens (tertiary/aromatic N) is 1. The summed E-state index contributed by atoms with van der Waals surface area (Å²) in [6.45, 7) is 4.78. The van der Waals surface area contributed by atoms with Gasteiger partial charge in [0.1, 0.15) is 5.82 Å². The van der Waals surface area contributed by atoms with Gasteiger partial charge in [0.15, 0.2) is 0 Å². The molecule has 21 heavy (non-hydrogen) atoms. The lowest BCUT2D eigenvalue weighted by Gasteiger charge is -2.36. The Bertz CT molecular complexity index is 680. The predicted molar refractivity (Wildman–Crippen MR) is 80.6 cm³/mol. The molecule has 3 heteroatoms. The summed E-state index contributed by atoms with van der Waals surface area (Å²) in [5.41, 5.74) is 2.15. The molecule has 2 nitrogen and oxygen atoms in total. The Balaban J connectivity index is 2.21. The first-order valence-corrected chi connectivity index (χ1v) is 7.26. The van der Waals surface area contributed by atoms with E-state index in [4.69, 9.17) is 0 Å². The number of hydrogen-bond acceptors (Lipinski definition) is 1. The van der Waals surface area contributed by atoms with E-state index in [0.717, 1.165) is 23.1 Å². The Morgan fingerprint density at radius 3 is 2.43 bits per heavy atom. The summed E-state index contributed by atoms with van der Waals surface area (Å²) in [4.78, 5) is 14.6. The fraction of sp³-hybridized carbons (Fsp3) is 0.278. The zero-order valence-electron chi connectivity index (χ0n) is 12.3. The normalized spacial score (nSPS) is 20.7. The summed E-state index contributed by atoms with van der Waals surface area (Å²) in [5.74, 6) is -0.207. The Kier molecular flexibility index (Phi) is 3.28. The second kappa shape index (κ2) is 4.99. The first-order chi connectivity index (χ1) is 10.1. The van der Waals surface area contributed by atoms with Crippen molar-refractivity contribution in [3.63, 3.8) is 0 Å². The van der Waals surface area contributed by atoms with Crippen LogP contribution in [0.1, 0.15) is 41.8 Å². The highest BCUT2D eigenvalue weighted by molar-refractivity contribution is 6.00. The van der Waals surface area contributed by atoms with Gasteiger partial charge in [-0.25, -0.2) is 4.39 Å². The number of amides is 1. The third kappa shape index (κ3) is 1.96. The van der Waals surface area contributed by atoms with Crippen molar-refractivity contribution in [2.75, 3.05) is 6.54 Å². The maximum absolute atomic E-state index is 13.2. The largest absolute Gasteiger partial charge is 0.325 e. The maximum Gasteiger partial charge on any atom is 0.255 e. The van der Waals surface area contributed by atoms with Crippen molar-refractivity contribution in [1.82, 2.24) is 4.90 Å². The number of fused-ring (bicyclic) bond motifs is 1. The minimum atomic E-state index is -0.530. The Morgan fingerprint density at radius 2 is 1.76 bits per heavy atom. The molecule has 0 bridgehead atoms. The summed E-state index contributed by atoms with van der Waals surface area (Å²) in [7, 11) is 0. The van der Waals surface area contributed by atoms with E-state index < -0.39 is 5.54 Å². The van der Waals surface area contributed by atoms with Gasteiger partial charge < -0.3 is 4.90 Å². The average Bonchev–Trinajstić information content (AvgIpc) is 2.72. The molecule has 1 unspecified atom stereocenters. The van der Waals surface area contributed by atoms with Crippen LogP contribution >= 0.6 is 0 Å². The molecule has 0 radical (unpaired) electrons. The van der Waals surface area contributed by atoms with Crippen LogP contribution in [0.15, 0.2) is 48.5 Å². The topological polar surface area (TPSA) is 20.3 Å².